The number of hydrogen-bond acceptors (Lipinski definition) is 2. The summed E-state index contributed by atoms with van der Waals surface area (Å²) in [4.78, 5) is 10.9. The van der Waals surface area contributed by atoms with Gasteiger partial charge in [0.2, 0.25) is 0 Å². The summed E-state index contributed by atoms with van der Waals surface area (Å²) in [6, 6.07) is 0. The van der Waals surface area contributed by atoms with Gasteiger partial charge in [-0.1, -0.05) is 96.8 Å². The minimum Gasteiger partial charge on any atom is -0.469 e. The zero-order valence-electron chi connectivity index (χ0n) is 14.6. The van der Waals surface area contributed by atoms with Gasteiger partial charge in [0.25, 0.3) is 0 Å². The molecule has 0 N–H and O–H groups in total. The largest absolute Gasteiger partial charge is 0.469 e. The second kappa shape index (κ2) is 17.5. The van der Waals surface area contributed by atoms with Crippen LogP contribution in [0.15, 0.2) is 0 Å². The Morgan fingerprint density at radius 3 is 1.29 bits per heavy atom. The van der Waals surface area contributed by atoms with E-state index >= 15 is 0 Å². The van der Waals surface area contributed by atoms with Crippen molar-refractivity contribution in [2.75, 3.05) is 7.11 Å². The van der Waals surface area contributed by atoms with Crippen LogP contribution in [-0.4, -0.2) is 13.1 Å². The molecule has 0 aliphatic rings. The van der Waals surface area contributed by atoms with E-state index in [0.29, 0.717) is 6.42 Å². The number of hydrogen-bond donors (Lipinski definition) is 0. The average Bonchev–Trinajstić information content (AvgIpc) is 2.50. The molecule has 0 bridgehead atoms. The lowest BCUT2D eigenvalue weighted by molar-refractivity contribution is -0.140. The Labute approximate surface area is 133 Å². The first-order valence-electron chi connectivity index (χ1n) is 9.38. The minimum absolute atomic E-state index is 0.0651. The first kappa shape index (κ1) is 20.5. The zero-order chi connectivity index (χ0) is 15.6. The Kier molecular flexibility index (Phi) is 17.1. The van der Waals surface area contributed by atoms with Crippen LogP contribution in [0.5, 0.6) is 0 Å². The minimum atomic E-state index is -0.0651. The molecule has 0 heterocycles. The molecule has 0 saturated heterocycles. The van der Waals surface area contributed by atoms with Crippen molar-refractivity contribution >= 4 is 5.97 Å². The predicted molar refractivity (Wildman–Crippen MR) is 91.6 cm³/mol. The third kappa shape index (κ3) is 17.4. The van der Waals surface area contributed by atoms with Crippen molar-refractivity contribution in [2.24, 2.45) is 0 Å². The lowest BCUT2D eigenvalue weighted by Gasteiger charge is -2.03. The van der Waals surface area contributed by atoms with Crippen molar-refractivity contribution in [3.8, 4) is 0 Å². The highest BCUT2D eigenvalue weighted by atomic mass is 16.6. The summed E-state index contributed by atoms with van der Waals surface area (Å²) in [5.41, 5.74) is 0. The van der Waals surface area contributed by atoms with Crippen molar-refractivity contribution in [2.45, 2.75) is 110 Å². The molecule has 126 valence electrons. The fourth-order valence-corrected chi connectivity index (χ4v) is 2.74. The second-order valence-corrected chi connectivity index (χ2v) is 6.28. The lowest BCUT2D eigenvalue weighted by atomic mass is 10.0. The van der Waals surface area contributed by atoms with E-state index in [0.717, 1.165) is 6.42 Å². The van der Waals surface area contributed by atoms with Crippen LogP contribution in [0.25, 0.3) is 0 Å². The first-order chi connectivity index (χ1) is 10.3. The maximum absolute atomic E-state index is 10.9. The molecule has 2 heteroatoms. The normalized spacial score (nSPS) is 10.8. The van der Waals surface area contributed by atoms with Crippen LogP contribution in [0, 0.1) is 0 Å². The molecule has 2 nitrogen and oxygen atoms in total. The van der Waals surface area contributed by atoms with Crippen LogP contribution in [0.2, 0.25) is 0 Å². The molecule has 0 fully saturated rings. The van der Waals surface area contributed by atoms with E-state index in [1.807, 2.05) is 0 Å². The molecule has 0 aromatic rings. The van der Waals surface area contributed by atoms with Gasteiger partial charge >= 0.3 is 5.97 Å². The molecule has 0 aliphatic carbocycles. The van der Waals surface area contributed by atoms with Crippen LogP contribution < -0.4 is 0 Å². The van der Waals surface area contributed by atoms with E-state index in [4.69, 9.17) is 0 Å². The SMILES string of the molecule is CCCCCCCCCCCCCCCCC[13C](=O)OC. The summed E-state index contributed by atoms with van der Waals surface area (Å²) >= 11 is 0. The van der Waals surface area contributed by atoms with E-state index < -0.39 is 0 Å². The number of methoxy groups -OCH3 is 1. The van der Waals surface area contributed by atoms with Crippen molar-refractivity contribution in [3.63, 3.8) is 0 Å². The monoisotopic (exact) mass is 299 g/mol. The maximum Gasteiger partial charge on any atom is 0.305 e. The molecular formula is C19H38O2. The summed E-state index contributed by atoms with van der Waals surface area (Å²) in [6.45, 7) is 2.28. The first-order valence-corrected chi connectivity index (χ1v) is 9.38. The van der Waals surface area contributed by atoms with Gasteiger partial charge in [-0.3, -0.25) is 4.79 Å². The third-order valence-corrected chi connectivity index (χ3v) is 4.21. The Bertz CT molecular complexity index is 214. The maximum atomic E-state index is 10.9. The number of ether oxygens (including phenoxy) is 1. The average molecular weight is 300 g/mol. The Balaban J connectivity index is 2.98. The molecule has 0 rings (SSSR count). The molecule has 0 saturated carbocycles. The van der Waals surface area contributed by atoms with E-state index in [1.54, 1.807) is 0 Å². The van der Waals surface area contributed by atoms with E-state index in [2.05, 4.69) is 11.7 Å². The molecule has 0 aromatic carbocycles. The van der Waals surface area contributed by atoms with Gasteiger partial charge in [0, 0.05) is 6.42 Å². The van der Waals surface area contributed by atoms with Gasteiger partial charge in [-0.25, -0.2) is 0 Å². The van der Waals surface area contributed by atoms with Crippen molar-refractivity contribution in [1.82, 2.24) is 0 Å². The molecule has 0 aliphatic heterocycles. The molecule has 0 aromatic heterocycles. The molecule has 21 heavy (non-hydrogen) atoms. The quantitative estimate of drug-likeness (QED) is 0.187. The molecule has 0 radical (unpaired) electrons. The summed E-state index contributed by atoms with van der Waals surface area (Å²) in [5, 5.41) is 0. The number of rotatable bonds is 16. The van der Waals surface area contributed by atoms with Gasteiger partial charge in [-0.05, 0) is 6.42 Å². The third-order valence-electron chi connectivity index (χ3n) is 4.21. The highest BCUT2D eigenvalue weighted by Crippen LogP contribution is 2.13. The Morgan fingerprint density at radius 2 is 0.952 bits per heavy atom. The summed E-state index contributed by atoms with van der Waals surface area (Å²) in [7, 11) is 1.47. The van der Waals surface area contributed by atoms with Crippen molar-refractivity contribution in [1.29, 1.82) is 0 Å². The predicted octanol–water partition coefficient (Wildman–Crippen LogP) is 6.42. The van der Waals surface area contributed by atoms with Crippen LogP contribution in [0.4, 0.5) is 0 Å². The number of carbonyl (C=O) groups is 1. The Hall–Kier alpha value is -0.530. The smallest absolute Gasteiger partial charge is 0.305 e. The van der Waals surface area contributed by atoms with E-state index in [9.17, 15) is 4.79 Å². The van der Waals surface area contributed by atoms with Crippen molar-refractivity contribution in [3.05, 3.63) is 0 Å². The highest BCUT2D eigenvalue weighted by molar-refractivity contribution is 5.68. The van der Waals surface area contributed by atoms with Crippen LogP contribution in [0.1, 0.15) is 110 Å². The van der Waals surface area contributed by atoms with E-state index in [1.165, 1.54) is 97.0 Å². The topological polar surface area (TPSA) is 26.3 Å². The molecule has 0 spiro atoms. The molecule has 0 atom stereocenters. The number of carbonyl (C=O) groups excluding carboxylic acids is 1. The number of esters is 1. The lowest BCUT2D eigenvalue weighted by Crippen LogP contribution is -1.99. The summed E-state index contributed by atoms with van der Waals surface area (Å²) < 4.78 is 4.63. The fraction of sp³-hybridized carbons (Fsp3) is 0.947. The van der Waals surface area contributed by atoms with Crippen molar-refractivity contribution < 1.29 is 9.53 Å². The van der Waals surface area contributed by atoms with Gasteiger partial charge < -0.3 is 4.74 Å². The van der Waals surface area contributed by atoms with Gasteiger partial charge in [0.15, 0.2) is 0 Å². The van der Waals surface area contributed by atoms with E-state index in [-0.39, 0.29) is 5.97 Å². The molecule has 0 amide bonds. The summed E-state index contributed by atoms with van der Waals surface area (Å²) in [6.07, 6.45) is 20.9. The van der Waals surface area contributed by atoms with Crippen LogP contribution >= 0.6 is 0 Å². The standard InChI is InChI=1S/C19H38O2/c1-3-4-5-6-7-8-9-10-11-12-13-14-15-16-17-18-19(20)21-2/h3-18H2,1-2H3/i19+1. The number of unbranched alkanes of at least 4 members (excludes halogenated alkanes) is 14. The van der Waals surface area contributed by atoms with Crippen LogP contribution in [0.3, 0.4) is 0 Å². The van der Waals surface area contributed by atoms with Gasteiger partial charge in [0.1, 0.15) is 0 Å². The molecular weight excluding hydrogens is 261 g/mol. The zero-order valence-corrected chi connectivity index (χ0v) is 14.6. The fourth-order valence-electron chi connectivity index (χ4n) is 2.74. The van der Waals surface area contributed by atoms with Gasteiger partial charge in [-0.2, -0.15) is 0 Å². The molecule has 0 unspecified atom stereocenters. The Morgan fingerprint density at radius 1 is 0.619 bits per heavy atom. The van der Waals surface area contributed by atoms with Crippen LogP contribution in [-0.2, 0) is 9.53 Å². The summed E-state index contributed by atoms with van der Waals surface area (Å²) in [5.74, 6) is -0.0651. The highest BCUT2D eigenvalue weighted by Gasteiger charge is 1.99. The van der Waals surface area contributed by atoms with Gasteiger partial charge in [0.05, 0.1) is 7.11 Å². The van der Waals surface area contributed by atoms with Gasteiger partial charge in [-0.15, -0.1) is 0 Å². The second-order valence-electron chi connectivity index (χ2n) is 6.28.